The molecule has 5 heteroatoms. The summed E-state index contributed by atoms with van der Waals surface area (Å²) >= 11 is 9.32. The fourth-order valence-electron chi connectivity index (χ4n) is 0.129. The first-order valence-corrected chi connectivity index (χ1v) is 7.42. The van der Waals surface area contributed by atoms with Crippen molar-refractivity contribution in [1.82, 2.24) is 4.90 Å². The fraction of sp³-hybridized carbons (Fsp3) is 0.857. The summed E-state index contributed by atoms with van der Waals surface area (Å²) in [5.74, 6) is 0. The van der Waals surface area contributed by atoms with Gasteiger partial charge >= 0.3 is 22.4 Å². The summed E-state index contributed by atoms with van der Waals surface area (Å²) in [7, 11) is 2.00. The average Bonchev–Trinajstić information content (AvgIpc) is 1.85. The Bertz CT molecular complexity index is 109. The maximum Gasteiger partial charge on any atom is 1.00 e. The summed E-state index contributed by atoms with van der Waals surface area (Å²) in [5.41, 5.74) is 0. The molecule has 12 heavy (non-hydrogen) atoms. The van der Waals surface area contributed by atoms with Crippen molar-refractivity contribution in [2.75, 3.05) is 33.6 Å². The monoisotopic (exact) mass is 408 g/mol. The zero-order chi connectivity index (χ0) is 9.44. The van der Waals surface area contributed by atoms with Gasteiger partial charge in [-0.05, 0) is 14.8 Å². The Hall–Kier alpha value is 1.28. The molecule has 0 aromatic rings. The van der Waals surface area contributed by atoms with E-state index in [0.717, 1.165) is 6.54 Å². The maximum absolute atomic E-state index is 4.66. The molecule has 0 rings (SSSR count). The van der Waals surface area contributed by atoms with Gasteiger partial charge in [0.1, 0.15) is 0 Å². The van der Waals surface area contributed by atoms with Gasteiger partial charge in [-0.15, -0.1) is 0 Å². The molecule has 0 bridgehead atoms. The van der Waals surface area contributed by atoms with Crippen LogP contribution < -0.4 is 0 Å². The van der Waals surface area contributed by atoms with E-state index in [1.807, 2.05) is 18.9 Å². The molecule has 78 valence electrons. The predicted molar refractivity (Wildman–Crippen MR) is 64.4 cm³/mol. The van der Waals surface area contributed by atoms with E-state index in [9.17, 15) is 0 Å². The molecule has 0 atom stereocenters. The molecule has 0 saturated heterocycles. The molecule has 0 aliphatic rings. The third-order valence-corrected chi connectivity index (χ3v) is 1.41. The van der Waals surface area contributed by atoms with Crippen molar-refractivity contribution >= 4 is 37.1 Å². The molecule has 0 N–H and O–H groups in total. The topological polar surface area (TPSA) is 3.24 Å². The van der Waals surface area contributed by atoms with Crippen LogP contribution in [0.4, 0.5) is 0 Å². The van der Waals surface area contributed by atoms with Crippen LogP contribution in [-0.4, -0.2) is 42.8 Å². The Morgan fingerprint density at radius 3 is 1.67 bits per heavy atom. The van der Waals surface area contributed by atoms with Gasteiger partial charge in [0.15, 0.2) is 0 Å². The van der Waals surface area contributed by atoms with Crippen LogP contribution >= 0.6 is 20.1 Å². The normalized spacial score (nSPS) is 7.83. The molecule has 0 aromatic heterocycles. The summed E-state index contributed by atoms with van der Waals surface area (Å²) < 4.78 is 0.544. The Kier molecular flexibility index (Phi) is 19.4. The van der Waals surface area contributed by atoms with E-state index >= 15 is 0 Å². The molecule has 0 aliphatic heterocycles. The van der Waals surface area contributed by atoms with Gasteiger partial charge in [0.25, 0.3) is 0 Å². The Balaban J connectivity index is -0.000000142. The molecule has 1 nitrogen and oxygen atoms in total. The molecule has 0 unspecified atom stereocenters. The van der Waals surface area contributed by atoms with Crippen molar-refractivity contribution in [2.45, 2.75) is 6.92 Å². The quantitative estimate of drug-likeness (QED) is 0.282. The molecule has 0 saturated carbocycles. The van der Waals surface area contributed by atoms with Crippen molar-refractivity contribution in [1.29, 1.82) is 0 Å². The Morgan fingerprint density at radius 2 is 1.67 bits per heavy atom. The number of hydrogen-bond donors (Lipinski definition) is 0. The van der Waals surface area contributed by atoms with Crippen LogP contribution in [0.15, 0.2) is 0 Å². The van der Waals surface area contributed by atoms with Crippen LogP contribution in [0.25, 0.3) is 0 Å². The molecule has 0 spiro atoms. The summed E-state index contributed by atoms with van der Waals surface area (Å²) in [6, 6.07) is 0. The van der Waals surface area contributed by atoms with Crippen molar-refractivity contribution in [3.8, 4) is 0 Å². The van der Waals surface area contributed by atoms with Gasteiger partial charge in [0.2, 0.25) is 0 Å². The zero-order valence-corrected chi connectivity index (χ0v) is 13.1. The number of rotatable bonds is 1. The van der Waals surface area contributed by atoms with Gasteiger partial charge in [-0.1, -0.05) is 4.32 Å². The summed E-state index contributed by atoms with van der Waals surface area (Å²) in [6.45, 7) is 9.72. The largest absolute Gasteiger partial charge is 1.00 e. The number of thiocarbonyl (C=S) groups is 1. The zero-order valence-electron chi connectivity index (χ0n) is 8.27. The standard InChI is InChI=1S/C4H9NS2.C3H9P.Au/c1-3-5(2)4(6)7;1-4(2)3;/h3H2,1-2H3,(H,6,7);1-3H3;/q;;+1. The molecule has 0 radical (unpaired) electrons. The predicted octanol–water partition coefficient (Wildman–Crippen LogP) is 1.86. The third-order valence-electron chi connectivity index (χ3n) is 0.786. The van der Waals surface area contributed by atoms with Gasteiger partial charge in [0.05, 0.1) is 0 Å². The smallest absolute Gasteiger partial charge is 0.411 e. The van der Waals surface area contributed by atoms with Crippen molar-refractivity contribution < 1.29 is 22.4 Å². The van der Waals surface area contributed by atoms with E-state index < -0.39 is 0 Å². The maximum atomic E-state index is 4.66. The van der Waals surface area contributed by atoms with Crippen LogP contribution in [-0.2, 0) is 35.0 Å². The molecule has 0 heterocycles. The van der Waals surface area contributed by atoms with Gasteiger partial charge in [-0.2, -0.15) is 0 Å². The van der Waals surface area contributed by atoms with E-state index in [4.69, 9.17) is 0 Å². The van der Waals surface area contributed by atoms with Crippen molar-refractivity contribution in [3.05, 3.63) is 0 Å². The number of nitrogens with zero attached hydrogens (tertiary/aromatic N) is 1. The minimum Gasteiger partial charge on any atom is -0.411 e. The molecule has 0 aliphatic carbocycles. The van der Waals surface area contributed by atoms with Gasteiger partial charge in [-0.25, -0.2) is 0 Å². The van der Waals surface area contributed by atoms with Gasteiger partial charge in [-0.3, -0.25) is 0 Å². The van der Waals surface area contributed by atoms with E-state index in [1.165, 1.54) is 0 Å². The van der Waals surface area contributed by atoms with Gasteiger partial charge in [0, 0.05) is 33.6 Å². The third kappa shape index (κ3) is 22.5. The summed E-state index contributed by atoms with van der Waals surface area (Å²) in [6.07, 6.45) is 0. The second-order valence-corrected chi connectivity index (χ2v) is 6.81. The van der Waals surface area contributed by atoms with Crippen molar-refractivity contribution in [2.24, 2.45) is 0 Å². The number of hydrogen-bond acceptors (Lipinski definition) is 2. The second kappa shape index (κ2) is 12.3. The van der Waals surface area contributed by atoms with E-state index in [1.54, 1.807) is 0 Å². The first-order valence-electron chi connectivity index (χ1n) is 3.60. The molecule has 0 aromatic carbocycles. The fourth-order valence-corrected chi connectivity index (χ4v) is 0.387. The SMILES string of the molecule is CCN(C)C(=S)[S-].C[PH+](C)C.[Au+]. The Morgan fingerprint density at radius 1 is 1.42 bits per heavy atom. The summed E-state index contributed by atoms with van der Waals surface area (Å²) in [4.78, 5) is 1.84. The first-order chi connectivity index (χ1) is 4.91. The molecular weight excluding hydrogens is 390 g/mol. The van der Waals surface area contributed by atoms with E-state index in [-0.39, 0.29) is 30.3 Å². The van der Waals surface area contributed by atoms with Crippen LogP contribution in [0.3, 0.4) is 0 Å². The van der Waals surface area contributed by atoms with Crippen molar-refractivity contribution in [3.63, 3.8) is 0 Å². The van der Waals surface area contributed by atoms with Crippen LogP contribution in [0.5, 0.6) is 0 Å². The molecule has 0 amide bonds. The Labute approximate surface area is 104 Å². The second-order valence-electron chi connectivity index (χ2n) is 2.78. The van der Waals surface area contributed by atoms with E-state index in [0.29, 0.717) is 4.32 Å². The minimum absolute atomic E-state index is 0. The van der Waals surface area contributed by atoms with Crippen LogP contribution in [0.1, 0.15) is 6.92 Å². The minimum atomic E-state index is 0. The first kappa shape index (κ1) is 19.0. The summed E-state index contributed by atoms with van der Waals surface area (Å²) in [5, 5.41) is 0. The molecular formula is C7H18AuNPS2+. The van der Waals surface area contributed by atoms with Crippen LogP contribution in [0.2, 0.25) is 0 Å². The van der Waals surface area contributed by atoms with Crippen LogP contribution in [0, 0.1) is 0 Å². The average molecular weight is 408 g/mol. The van der Waals surface area contributed by atoms with E-state index in [2.05, 4.69) is 44.8 Å². The van der Waals surface area contributed by atoms with Gasteiger partial charge < -0.3 is 29.7 Å². The molecule has 0 fully saturated rings.